The zero-order valence-corrected chi connectivity index (χ0v) is 11.0. The van der Waals surface area contributed by atoms with E-state index in [1.54, 1.807) is 0 Å². The van der Waals surface area contributed by atoms with E-state index in [0.29, 0.717) is 13.1 Å². The Kier molecular flexibility index (Phi) is 3.59. The largest absolute Gasteiger partial charge is 0.410 e. The van der Waals surface area contributed by atoms with Crippen molar-refractivity contribution in [3.63, 3.8) is 0 Å². The molecule has 0 atom stereocenters. The van der Waals surface area contributed by atoms with Gasteiger partial charge in [-0.05, 0) is 4.92 Å². The second-order valence-electron chi connectivity index (χ2n) is 4.10. The molecular weight excluding hydrogens is 292 g/mol. The van der Waals surface area contributed by atoms with E-state index in [4.69, 9.17) is 5.14 Å². The summed E-state index contributed by atoms with van der Waals surface area (Å²) in [6, 6.07) is -0.238. The van der Waals surface area contributed by atoms with Crippen LogP contribution in [0.5, 0.6) is 0 Å². The molecule has 2 amide bonds. The lowest BCUT2D eigenvalue weighted by Gasteiger charge is -2.12. The van der Waals surface area contributed by atoms with Gasteiger partial charge in [-0.1, -0.05) is 0 Å². The van der Waals surface area contributed by atoms with Crippen LogP contribution >= 0.6 is 0 Å². The third-order valence-corrected chi connectivity index (χ3v) is 3.63. The van der Waals surface area contributed by atoms with Gasteiger partial charge in [-0.2, -0.15) is 4.68 Å². The monoisotopic (exact) mass is 304 g/mol. The van der Waals surface area contributed by atoms with Crippen LogP contribution in [-0.2, 0) is 16.6 Å². The van der Waals surface area contributed by atoms with Gasteiger partial charge >= 0.3 is 11.8 Å². The lowest BCUT2D eigenvalue weighted by Crippen LogP contribution is -2.31. The standard InChI is InChI=1S/C8H12N6O5S/c9-20(18,19)6-5-13(11-7(6)14(16)17)4-3-12-2-1-10-8(12)15/h5H,1-4H2,(H,10,15)(H2,9,18,19). The molecule has 20 heavy (non-hydrogen) atoms. The van der Waals surface area contributed by atoms with Crippen molar-refractivity contribution in [2.24, 2.45) is 5.14 Å². The lowest BCUT2D eigenvalue weighted by molar-refractivity contribution is -0.392. The Morgan fingerprint density at radius 1 is 1.50 bits per heavy atom. The number of primary sulfonamides is 1. The molecule has 1 aromatic heterocycles. The second-order valence-corrected chi connectivity index (χ2v) is 5.63. The molecule has 0 aliphatic carbocycles. The highest BCUT2D eigenvalue weighted by Gasteiger charge is 2.29. The Morgan fingerprint density at radius 3 is 2.65 bits per heavy atom. The van der Waals surface area contributed by atoms with Crippen molar-refractivity contribution in [1.29, 1.82) is 0 Å². The maximum absolute atomic E-state index is 11.3. The molecule has 110 valence electrons. The maximum atomic E-state index is 11.3. The molecule has 12 heteroatoms. The first-order valence-electron chi connectivity index (χ1n) is 5.56. The number of nitrogens with one attached hydrogen (secondary N) is 1. The Labute approximate surface area is 113 Å². The van der Waals surface area contributed by atoms with Crippen LogP contribution in [0.15, 0.2) is 11.1 Å². The van der Waals surface area contributed by atoms with Crippen LogP contribution in [0.4, 0.5) is 10.6 Å². The normalized spacial score (nSPS) is 15.4. The number of carbonyl (C=O) groups is 1. The van der Waals surface area contributed by atoms with Crippen LogP contribution < -0.4 is 10.5 Å². The van der Waals surface area contributed by atoms with E-state index in [0.717, 1.165) is 10.9 Å². The molecule has 1 aliphatic heterocycles. The molecule has 1 aromatic rings. The van der Waals surface area contributed by atoms with Crippen molar-refractivity contribution in [1.82, 2.24) is 20.0 Å². The van der Waals surface area contributed by atoms with Crippen LogP contribution in [0.25, 0.3) is 0 Å². The summed E-state index contributed by atoms with van der Waals surface area (Å²) >= 11 is 0. The predicted molar refractivity (Wildman–Crippen MR) is 65.2 cm³/mol. The first-order valence-corrected chi connectivity index (χ1v) is 7.11. The summed E-state index contributed by atoms with van der Waals surface area (Å²) in [7, 11) is -4.22. The fourth-order valence-corrected chi connectivity index (χ4v) is 2.42. The summed E-state index contributed by atoms with van der Waals surface area (Å²) in [5.41, 5.74) is 0. The highest BCUT2D eigenvalue weighted by atomic mass is 32.2. The van der Waals surface area contributed by atoms with Crippen molar-refractivity contribution < 1.29 is 18.1 Å². The van der Waals surface area contributed by atoms with Gasteiger partial charge in [-0.15, -0.1) is 0 Å². The Bertz CT molecular complexity index is 652. The van der Waals surface area contributed by atoms with Gasteiger partial charge in [0.15, 0.2) is 0 Å². The van der Waals surface area contributed by atoms with Gasteiger partial charge in [-0.3, -0.25) is 0 Å². The molecule has 0 radical (unpaired) electrons. The number of amides is 2. The van der Waals surface area contributed by atoms with Gasteiger partial charge in [0, 0.05) is 19.6 Å². The number of urea groups is 1. The SMILES string of the molecule is NS(=O)(=O)c1cn(CCN2CCNC2=O)nc1[N+](=O)[O-]. The number of aromatic nitrogens is 2. The zero-order chi connectivity index (χ0) is 14.9. The molecule has 2 rings (SSSR count). The first-order chi connectivity index (χ1) is 9.29. The van der Waals surface area contributed by atoms with Crippen LogP contribution in [0.3, 0.4) is 0 Å². The van der Waals surface area contributed by atoms with Gasteiger partial charge < -0.3 is 20.3 Å². The van der Waals surface area contributed by atoms with Gasteiger partial charge in [0.2, 0.25) is 14.9 Å². The quantitative estimate of drug-likeness (QED) is 0.496. The molecule has 2 heterocycles. The molecule has 0 saturated carbocycles. The van der Waals surface area contributed by atoms with Crippen molar-refractivity contribution in [3.8, 4) is 0 Å². The van der Waals surface area contributed by atoms with Crippen molar-refractivity contribution in [3.05, 3.63) is 16.3 Å². The molecule has 1 saturated heterocycles. The van der Waals surface area contributed by atoms with Crippen LogP contribution in [0.2, 0.25) is 0 Å². The van der Waals surface area contributed by atoms with Crippen LogP contribution in [0, 0.1) is 10.1 Å². The number of carbonyl (C=O) groups excluding carboxylic acids is 1. The number of nitro groups is 1. The van der Waals surface area contributed by atoms with Gasteiger partial charge in [-0.25, -0.2) is 18.4 Å². The summed E-state index contributed by atoms with van der Waals surface area (Å²) in [5, 5.41) is 21.8. The highest BCUT2D eigenvalue weighted by Crippen LogP contribution is 2.19. The van der Waals surface area contributed by atoms with Crippen LogP contribution in [0.1, 0.15) is 0 Å². The summed E-state index contributed by atoms with van der Waals surface area (Å²) in [4.78, 5) is 22.0. The van der Waals surface area contributed by atoms with Crippen molar-refractivity contribution in [2.75, 3.05) is 19.6 Å². The minimum Gasteiger partial charge on any atom is -0.358 e. The van der Waals surface area contributed by atoms with E-state index < -0.39 is 25.7 Å². The summed E-state index contributed by atoms with van der Waals surface area (Å²) < 4.78 is 23.5. The zero-order valence-electron chi connectivity index (χ0n) is 10.2. The number of nitrogens with zero attached hydrogens (tertiary/aromatic N) is 4. The minimum absolute atomic E-state index is 0.129. The van der Waals surface area contributed by atoms with Crippen LogP contribution in [-0.4, -0.2) is 53.7 Å². The fourth-order valence-electron chi connectivity index (χ4n) is 1.78. The first kappa shape index (κ1) is 14.2. The molecule has 0 spiro atoms. The lowest BCUT2D eigenvalue weighted by atomic mass is 10.5. The predicted octanol–water partition coefficient (Wildman–Crippen LogP) is -1.54. The number of nitrogens with two attached hydrogens (primary N) is 1. The third-order valence-electron chi connectivity index (χ3n) is 2.73. The molecule has 1 fully saturated rings. The summed E-state index contributed by atoms with van der Waals surface area (Å²) in [6.45, 7) is 1.43. The van der Waals surface area contributed by atoms with Gasteiger partial charge in [0.25, 0.3) is 0 Å². The molecule has 11 nitrogen and oxygen atoms in total. The summed E-state index contributed by atoms with van der Waals surface area (Å²) in [6.07, 6.45) is 0.988. The Hall–Kier alpha value is -2.21. The summed E-state index contributed by atoms with van der Waals surface area (Å²) in [5.74, 6) is -0.821. The van der Waals surface area contributed by atoms with E-state index in [-0.39, 0.29) is 19.1 Å². The number of rotatable bonds is 5. The topological polar surface area (TPSA) is 153 Å². The van der Waals surface area contributed by atoms with E-state index in [2.05, 4.69) is 10.4 Å². The fraction of sp³-hybridized carbons (Fsp3) is 0.500. The second kappa shape index (κ2) is 5.05. The smallest absolute Gasteiger partial charge is 0.358 e. The van der Waals surface area contributed by atoms with E-state index in [1.165, 1.54) is 4.90 Å². The maximum Gasteiger partial charge on any atom is 0.410 e. The number of sulfonamides is 1. The Morgan fingerprint density at radius 2 is 2.20 bits per heavy atom. The molecule has 0 unspecified atom stereocenters. The van der Waals surface area contributed by atoms with E-state index in [9.17, 15) is 23.3 Å². The molecule has 3 N–H and O–H groups in total. The van der Waals surface area contributed by atoms with Gasteiger partial charge in [0.05, 0.1) is 17.8 Å². The van der Waals surface area contributed by atoms with E-state index in [1.807, 2.05) is 0 Å². The number of hydrogen-bond donors (Lipinski definition) is 2. The average Bonchev–Trinajstić information content (AvgIpc) is 2.91. The van der Waals surface area contributed by atoms with Crippen molar-refractivity contribution >= 4 is 21.9 Å². The number of hydrogen-bond acceptors (Lipinski definition) is 6. The molecular formula is C8H12N6O5S. The average molecular weight is 304 g/mol. The molecule has 1 aliphatic rings. The Balaban J connectivity index is 2.17. The van der Waals surface area contributed by atoms with Gasteiger partial charge in [0.1, 0.15) is 0 Å². The third kappa shape index (κ3) is 2.85. The van der Waals surface area contributed by atoms with Crippen molar-refractivity contribution in [2.45, 2.75) is 11.4 Å². The molecule has 0 aromatic carbocycles. The minimum atomic E-state index is -4.22. The van der Waals surface area contributed by atoms with E-state index >= 15 is 0 Å². The molecule has 0 bridgehead atoms. The highest BCUT2D eigenvalue weighted by molar-refractivity contribution is 7.89.